The first kappa shape index (κ1) is 23.7. The highest BCUT2D eigenvalue weighted by Gasteiger charge is 2.21. The van der Waals surface area contributed by atoms with Gasteiger partial charge in [0.1, 0.15) is 5.82 Å². The molecule has 3 aromatic carbocycles. The van der Waals surface area contributed by atoms with E-state index in [-0.39, 0.29) is 21.8 Å². The molecule has 1 aliphatic heterocycles. The topological polar surface area (TPSA) is 87.7 Å². The fourth-order valence-electron chi connectivity index (χ4n) is 3.81. The molecule has 0 spiro atoms. The van der Waals surface area contributed by atoms with Crippen molar-refractivity contribution in [2.75, 3.05) is 41.2 Å². The summed E-state index contributed by atoms with van der Waals surface area (Å²) in [4.78, 5) is 15.0. The largest absolute Gasteiger partial charge is 0.378 e. The molecule has 1 heterocycles. The van der Waals surface area contributed by atoms with Gasteiger partial charge in [0.05, 0.1) is 35.0 Å². The number of nitrogens with zero attached hydrogens (tertiary/aromatic N) is 1. The summed E-state index contributed by atoms with van der Waals surface area (Å²) in [7, 11) is -3.93. The predicted molar refractivity (Wildman–Crippen MR) is 131 cm³/mol. The number of halogens is 1. The third-order valence-electron chi connectivity index (χ3n) is 5.61. The van der Waals surface area contributed by atoms with Gasteiger partial charge in [0.2, 0.25) is 0 Å². The number of anilines is 3. The zero-order valence-electron chi connectivity index (χ0n) is 19.0. The summed E-state index contributed by atoms with van der Waals surface area (Å²) in [6.45, 7) is 5.78. The highest BCUT2D eigenvalue weighted by molar-refractivity contribution is 7.92. The zero-order chi connectivity index (χ0) is 24.3. The number of benzene rings is 3. The summed E-state index contributed by atoms with van der Waals surface area (Å²) < 4.78 is 48.6. The first-order chi connectivity index (χ1) is 16.2. The molecule has 2 N–H and O–H groups in total. The summed E-state index contributed by atoms with van der Waals surface area (Å²) in [5.41, 5.74) is 2.37. The number of amides is 1. The van der Waals surface area contributed by atoms with Gasteiger partial charge in [0.25, 0.3) is 15.9 Å². The number of aryl methyl sites for hydroxylation is 2. The van der Waals surface area contributed by atoms with Gasteiger partial charge in [-0.3, -0.25) is 9.52 Å². The number of rotatable bonds is 6. The van der Waals surface area contributed by atoms with Crippen LogP contribution in [0.15, 0.2) is 65.6 Å². The number of nitrogens with one attached hydrogen (secondary N) is 2. The highest BCUT2D eigenvalue weighted by atomic mass is 32.2. The summed E-state index contributed by atoms with van der Waals surface area (Å²) in [6.07, 6.45) is 0. The maximum Gasteiger partial charge on any atom is 0.262 e. The van der Waals surface area contributed by atoms with E-state index in [2.05, 4.69) is 10.0 Å². The highest BCUT2D eigenvalue weighted by Crippen LogP contribution is 2.26. The molecule has 3 aromatic rings. The van der Waals surface area contributed by atoms with Crippen LogP contribution in [-0.2, 0) is 14.8 Å². The average Bonchev–Trinajstić information content (AvgIpc) is 2.81. The number of para-hydroxylation sites is 1. The van der Waals surface area contributed by atoms with Crippen LogP contribution in [0.1, 0.15) is 21.5 Å². The maximum atomic E-state index is 14.7. The molecule has 0 saturated carbocycles. The number of carbonyl (C=O) groups excluding carboxylic acids is 1. The minimum absolute atomic E-state index is 0.119. The Kier molecular flexibility index (Phi) is 6.85. The van der Waals surface area contributed by atoms with Crippen molar-refractivity contribution >= 4 is 33.0 Å². The standard InChI is InChI=1S/C25H26FN3O4S/c1-17-7-8-18(2)24(15-17)34(31,32)28-22-6-4-3-5-20(22)25(30)27-19-9-10-23(21(26)16-19)29-11-13-33-14-12-29/h3-10,15-16,28H,11-14H2,1-2H3,(H,27,30). The van der Waals surface area contributed by atoms with Crippen LogP contribution in [0, 0.1) is 19.7 Å². The summed E-state index contributed by atoms with van der Waals surface area (Å²) >= 11 is 0. The molecule has 0 atom stereocenters. The van der Waals surface area contributed by atoms with E-state index >= 15 is 0 Å². The monoisotopic (exact) mass is 483 g/mol. The second-order valence-electron chi connectivity index (χ2n) is 8.14. The van der Waals surface area contributed by atoms with Crippen LogP contribution in [0.25, 0.3) is 0 Å². The molecule has 0 bridgehead atoms. The first-order valence-electron chi connectivity index (χ1n) is 10.9. The molecule has 0 aromatic heterocycles. The van der Waals surface area contributed by atoms with Crippen LogP contribution in [0.4, 0.5) is 21.5 Å². The van der Waals surface area contributed by atoms with Gasteiger partial charge in [-0.25, -0.2) is 12.8 Å². The Balaban J connectivity index is 1.55. The van der Waals surface area contributed by atoms with Crippen LogP contribution in [-0.4, -0.2) is 40.6 Å². The predicted octanol–water partition coefficient (Wildman–Crippen LogP) is 4.33. The summed E-state index contributed by atoms with van der Waals surface area (Å²) in [5.74, 6) is -1.01. The quantitative estimate of drug-likeness (QED) is 0.545. The van der Waals surface area contributed by atoms with Crippen LogP contribution in [0.3, 0.4) is 0 Å². The molecule has 1 aliphatic rings. The Labute approximate surface area is 198 Å². The van der Waals surface area contributed by atoms with Crippen molar-refractivity contribution in [1.82, 2.24) is 0 Å². The average molecular weight is 484 g/mol. The minimum atomic E-state index is -3.93. The van der Waals surface area contributed by atoms with Crippen molar-refractivity contribution in [2.45, 2.75) is 18.7 Å². The van der Waals surface area contributed by atoms with Gasteiger partial charge in [-0.1, -0.05) is 24.3 Å². The lowest BCUT2D eigenvalue weighted by Crippen LogP contribution is -2.36. The number of carbonyl (C=O) groups is 1. The van der Waals surface area contributed by atoms with Crippen molar-refractivity contribution in [3.63, 3.8) is 0 Å². The lowest BCUT2D eigenvalue weighted by molar-refractivity contribution is 0.102. The van der Waals surface area contributed by atoms with E-state index in [1.807, 2.05) is 17.9 Å². The van der Waals surface area contributed by atoms with Crippen molar-refractivity contribution < 1.29 is 22.3 Å². The number of morpholine rings is 1. The molecule has 1 amide bonds. The Morgan fingerprint density at radius 1 is 1.00 bits per heavy atom. The van der Waals surface area contributed by atoms with Gasteiger partial charge in [0, 0.05) is 18.8 Å². The van der Waals surface area contributed by atoms with Crippen LogP contribution < -0.4 is 14.9 Å². The molecule has 0 radical (unpaired) electrons. The van der Waals surface area contributed by atoms with E-state index in [4.69, 9.17) is 4.74 Å². The van der Waals surface area contributed by atoms with E-state index in [0.717, 1.165) is 5.56 Å². The molecule has 1 fully saturated rings. The Bertz CT molecular complexity index is 1320. The fraction of sp³-hybridized carbons (Fsp3) is 0.240. The molecule has 7 nitrogen and oxygen atoms in total. The summed E-state index contributed by atoms with van der Waals surface area (Å²) in [5, 5.41) is 2.66. The number of hydrogen-bond donors (Lipinski definition) is 2. The van der Waals surface area contributed by atoms with Gasteiger partial charge in [-0.15, -0.1) is 0 Å². The second kappa shape index (κ2) is 9.82. The molecule has 1 saturated heterocycles. The fourth-order valence-corrected chi connectivity index (χ4v) is 5.22. The van der Waals surface area contributed by atoms with E-state index in [9.17, 15) is 17.6 Å². The molecular formula is C25H26FN3O4S. The Hall–Kier alpha value is -3.43. The molecule has 0 unspecified atom stereocenters. The molecule has 0 aliphatic carbocycles. The van der Waals surface area contributed by atoms with Gasteiger partial charge in [-0.2, -0.15) is 0 Å². The van der Waals surface area contributed by atoms with Crippen molar-refractivity contribution in [3.05, 3.63) is 83.2 Å². The third kappa shape index (κ3) is 5.21. The minimum Gasteiger partial charge on any atom is -0.378 e. The molecule has 34 heavy (non-hydrogen) atoms. The molecular weight excluding hydrogens is 457 g/mol. The van der Waals surface area contributed by atoms with Gasteiger partial charge < -0.3 is 15.0 Å². The Morgan fingerprint density at radius 2 is 1.74 bits per heavy atom. The Morgan fingerprint density at radius 3 is 2.47 bits per heavy atom. The van der Waals surface area contributed by atoms with E-state index in [0.29, 0.717) is 37.6 Å². The number of hydrogen-bond acceptors (Lipinski definition) is 5. The lowest BCUT2D eigenvalue weighted by atomic mass is 10.1. The van der Waals surface area contributed by atoms with Crippen LogP contribution >= 0.6 is 0 Å². The first-order valence-corrected chi connectivity index (χ1v) is 12.4. The smallest absolute Gasteiger partial charge is 0.262 e. The van der Waals surface area contributed by atoms with E-state index in [1.54, 1.807) is 43.3 Å². The maximum absolute atomic E-state index is 14.7. The van der Waals surface area contributed by atoms with Gasteiger partial charge in [0.15, 0.2) is 0 Å². The zero-order valence-corrected chi connectivity index (χ0v) is 19.8. The third-order valence-corrected chi connectivity index (χ3v) is 7.11. The normalized spacial score (nSPS) is 14.0. The molecule has 4 rings (SSSR count). The second-order valence-corrected chi connectivity index (χ2v) is 9.79. The van der Waals surface area contributed by atoms with E-state index < -0.39 is 21.7 Å². The summed E-state index contributed by atoms with van der Waals surface area (Å²) in [6, 6.07) is 15.9. The van der Waals surface area contributed by atoms with Crippen molar-refractivity contribution in [3.8, 4) is 0 Å². The number of ether oxygens (including phenoxy) is 1. The van der Waals surface area contributed by atoms with Crippen molar-refractivity contribution in [1.29, 1.82) is 0 Å². The number of sulfonamides is 1. The van der Waals surface area contributed by atoms with Crippen molar-refractivity contribution in [2.24, 2.45) is 0 Å². The molecule has 178 valence electrons. The van der Waals surface area contributed by atoms with Crippen LogP contribution in [0.5, 0.6) is 0 Å². The van der Waals surface area contributed by atoms with Gasteiger partial charge in [-0.05, 0) is 61.4 Å². The van der Waals surface area contributed by atoms with Gasteiger partial charge >= 0.3 is 0 Å². The lowest BCUT2D eigenvalue weighted by Gasteiger charge is -2.29. The SMILES string of the molecule is Cc1ccc(C)c(S(=O)(=O)Nc2ccccc2C(=O)Nc2ccc(N3CCOCC3)c(F)c2)c1. The van der Waals surface area contributed by atoms with Crippen LogP contribution in [0.2, 0.25) is 0 Å². The molecule has 9 heteroatoms. The van der Waals surface area contributed by atoms with E-state index in [1.165, 1.54) is 18.2 Å².